The number of rotatable bonds is 6. The Bertz CT molecular complexity index is 944. The molecule has 1 aliphatic heterocycles. The van der Waals surface area contributed by atoms with E-state index >= 15 is 0 Å². The van der Waals surface area contributed by atoms with Crippen molar-refractivity contribution in [3.05, 3.63) is 47.3 Å². The third-order valence-corrected chi connectivity index (χ3v) is 6.06. The molecule has 2 heterocycles. The normalized spacial score (nSPS) is 21.8. The summed E-state index contributed by atoms with van der Waals surface area (Å²) >= 11 is 0. The van der Waals surface area contributed by atoms with Crippen LogP contribution >= 0.6 is 0 Å². The zero-order valence-electron chi connectivity index (χ0n) is 17.6. The quantitative estimate of drug-likeness (QED) is 0.539. The monoisotopic (exact) mass is 451 g/mol. The number of carbonyl (C=O) groups excluding carboxylic acids is 2. The molecule has 2 fully saturated rings. The number of aromatic amines is 1. The van der Waals surface area contributed by atoms with Crippen LogP contribution in [-0.4, -0.2) is 53.4 Å². The van der Waals surface area contributed by atoms with Gasteiger partial charge in [-0.3, -0.25) is 14.7 Å². The molecular formula is C22H31F2N5O3. The molecule has 4 rings (SSSR count). The summed E-state index contributed by atoms with van der Waals surface area (Å²) in [5, 5.41) is 15.4. The first-order chi connectivity index (χ1) is 15.5. The maximum atomic E-state index is 13.9. The number of ether oxygens (including phenoxy) is 1. The molecule has 8 nitrogen and oxygen atoms in total. The topological polar surface area (TPSA) is 108 Å². The molecule has 2 amide bonds. The highest BCUT2D eigenvalue weighted by atomic mass is 19.1. The lowest BCUT2D eigenvalue weighted by Crippen LogP contribution is -2.46. The third kappa shape index (κ3) is 5.31. The van der Waals surface area contributed by atoms with Crippen molar-refractivity contribution in [3.8, 4) is 0 Å². The highest BCUT2D eigenvalue weighted by molar-refractivity contribution is 6.08. The summed E-state index contributed by atoms with van der Waals surface area (Å²) in [5.74, 6) is -3.38. The van der Waals surface area contributed by atoms with Crippen molar-refractivity contribution in [2.75, 3.05) is 18.5 Å². The highest BCUT2D eigenvalue weighted by Gasteiger charge is 2.27. The lowest BCUT2D eigenvalue weighted by atomic mass is 9.90. The van der Waals surface area contributed by atoms with Crippen LogP contribution in [0.5, 0.6) is 0 Å². The van der Waals surface area contributed by atoms with E-state index in [-0.39, 0.29) is 20.3 Å². The molecule has 2 aliphatic rings. The Hall–Kier alpha value is -2.85. The van der Waals surface area contributed by atoms with Crippen molar-refractivity contribution in [2.24, 2.45) is 0 Å². The summed E-state index contributed by atoms with van der Waals surface area (Å²) in [6.07, 6.45) is 6.89. The Balaban J connectivity index is 0.00000204. The van der Waals surface area contributed by atoms with Crippen LogP contribution in [0.4, 0.5) is 14.5 Å². The molecule has 0 radical (unpaired) electrons. The largest absolute Gasteiger partial charge is 0.381 e. The van der Waals surface area contributed by atoms with E-state index < -0.39 is 29.0 Å². The Kier molecular flexibility index (Phi) is 7.11. The summed E-state index contributed by atoms with van der Waals surface area (Å²) in [4.78, 5) is 25.1. The van der Waals surface area contributed by atoms with E-state index in [1.54, 1.807) is 0 Å². The van der Waals surface area contributed by atoms with Crippen molar-refractivity contribution < 1.29 is 26.0 Å². The van der Waals surface area contributed by atoms with Crippen LogP contribution in [0.25, 0.3) is 0 Å². The van der Waals surface area contributed by atoms with E-state index in [2.05, 4.69) is 26.1 Å². The van der Waals surface area contributed by atoms with Gasteiger partial charge in [-0.2, -0.15) is 5.10 Å². The van der Waals surface area contributed by atoms with Crippen molar-refractivity contribution in [3.63, 3.8) is 0 Å². The molecule has 0 spiro atoms. The van der Waals surface area contributed by atoms with Gasteiger partial charge in [0.2, 0.25) is 0 Å². The summed E-state index contributed by atoms with van der Waals surface area (Å²) in [6.45, 7) is 1.60. The fourth-order valence-corrected chi connectivity index (χ4v) is 4.31. The van der Waals surface area contributed by atoms with Crippen LogP contribution in [0.1, 0.15) is 62.2 Å². The smallest absolute Gasteiger partial charge is 0.271 e. The number of anilines is 1. The molecule has 0 bridgehead atoms. The predicted octanol–water partition coefficient (Wildman–Crippen LogP) is 3.24. The Morgan fingerprint density at radius 2 is 1.59 bits per heavy atom. The Morgan fingerprint density at radius 3 is 2.28 bits per heavy atom. The van der Waals surface area contributed by atoms with Gasteiger partial charge in [0, 0.05) is 34.2 Å². The number of halogens is 2. The molecule has 2 aromatic rings. The molecule has 1 saturated heterocycles. The van der Waals surface area contributed by atoms with Crippen molar-refractivity contribution in [1.29, 1.82) is 0 Å². The van der Waals surface area contributed by atoms with E-state index in [1.807, 2.05) is 0 Å². The molecule has 0 atom stereocenters. The minimum Gasteiger partial charge on any atom is -0.381 e. The maximum Gasteiger partial charge on any atom is 0.271 e. The first-order valence-electron chi connectivity index (χ1n) is 10.9. The van der Waals surface area contributed by atoms with E-state index in [4.69, 9.17) is 4.74 Å². The second kappa shape index (κ2) is 10.2. The number of hydrogen-bond donors (Lipinski definition) is 4. The number of nitrogens with zero attached hydrogens (tertiary/aromatic N) is 1. The maximum absolute atomic E-state index is 13.9. The Morgan fingerprint density at radius 1 is 0.969 bits per heavy atom. The molecule has 10 heteroatoms. The number of amides is 2. The zero-order chi connectivity index (χ0) is 22.5. The van der Waals surface area contributed by atoms with Crippen molar-refractivity contribution >= 4 is 17.5 Å². The van der Waals surface area contributed by atoms with Gasteiger partial charge < -0.3 is 20.7 Å². The molecule has 1 saturated carbocycles. The second-order valence-corrected chi connectivity index (χ2v) is 8.28. The van der Waals surface area contributed by atoms with Crippen LogP contribution in [0, 0.1) is 11.6 Å². The van der Waals surface area contributed by atoms with E-state index in [0.717, 1.165) is 63.9 Å². The Labute approximate surface area is 187 Å². The average molecular weight is 452 g/mol. The number of H-pyrrole nitrogens is 1. The van der Waals surface area contributed by atoms with Gasteiger partial charge in [0.15, 0.2) is 0 Å². The number of benzene rings is 1. The van der Waals surface area contributed by atoms with Crippen LogP contribution in [0.2, 0.25) is 0 Å². The van der Waals surface area contributed by atoms with Gasteiger partial charge >= 0.3 is 0 Å². The molecule has 4 N–H and O–H groups in total. The van der Waals surface area contributed by atoms with Gasteiger partial charge in [-0.05, 0) is 50.7 Å². The summed E-state index contributed by atoms with van der Waals surface area (Å²) < 4.78 is 33.1. The van der Waals surface area contributed by atoms with Crippen LogP contribution in [-0.2, 0) is 4.74 Å². The van der Waals surface area contributed by atoms with Gasteiger partial charge in [0.1, 0.15) is 22.9 Å². The zero-order valence-corrected chi connectivity index (χ0v) is 17.6. The fourth-order valence-electron chi connectivity index (χ4n) is 4.31. The average Bonchev–Trinajstić information content (AvgIpc) is 3.24. The molecular weight excluding hydrogens is 420 g/mol. The number of carbonyl (C=O) groups is 2. The van der Waals surface area contributed by atoms with Gasteiger partial charge in [0.05, 0.1) is 11.9 Å². The van der Waals surface area contributed by atoms with Gasteiger partial charge in [-0.1, -0.05) is 6.07 Å². The van der Waals surface area contributed by atoms with Gasteiger partial charge in [-0.25, -0.2) is 8.78 Å². The first-order valence-corrected chi connectivity index (χ1v) is 10.9. The number of hydrogen-bond acceptors (Lipinski definition) is 5. The third-order valence-electron chi connectivity index (χ3n) is 6.06. The summed E-state index contributed by atoms with van der Waals surface area (Å²) in [6, 6.07) is 4.10. The summed E-state index contributed by atoms with van der Waals surface area (Å²) in [7, 11) is 0. The molecule has 0 unspecified atom stereocenters. The van der Waals surface area contributed by atoms with Crippen molar-refractivity contribution in [1.82, 2.24) is 20.8 Å². The number of nitrogens with one attached hydrogen (secondary N) is 4. The highest BCUT2D eigenvalue weighted by Crippen LogP contribution is 2.22. The van der Waals surface area contributed by atoms with Crippen LogP contribution in [0.3, 0.4) is 0 Å². The first kappa shape index (κ1) is 22.3. The van der Waals surface area contributed by atoms with Gasteiger partial charge in [-0.15, -0.1) is 0 Å². The number of aromatic nitrogens is 2. The molecule has 1 aliphatic carbocycles. The van der Waals surface area contributed by atoms with Crippen LogP contribution in [0.15, 0.2) is 24.4 Å². The van der Waals surface area contributed by atoms with Gasteiger partial charge in [0.25, 0.3) is 11.8 Å². The molecule has 1 aromatic carbocycles. The lowest BCUT2D eigenvalue weighted by molar-refractivity contribution is 0.0721. The second-order valence-electron chi connectivity index (χ2n) is 8.28. The van der Waals surface area contributed by atoms with E-state index in [1.165, 1.54) is 12.3 Å². The van der Waals surface area contributed by atoms with E-state index in [9.17, 15) is 18.4 Å². The van der Waals surface area contributed by atoms with Crippen molar-refractivity contribution in [2.45, 2.75) is 56.7 Å². The lowest BCUT2D eigenvalue weighted by Gasteiger charge is -2.33. The fraction of sp³-hybridized carbons (Fsp3) is 0.500. The predicted molar refractivity (Wildman–Crippen MR) is 118 cm³/mol. The summed E-state index contributed by atoms with van der Waals surface area (Å²) in [5.41, 5.74) is -0.613. The standard InChI is InChI=1S/C22H27F2N5O3.2H2/c23-16-2-1-3-17(24)19(16)21(30)28-18-12-25-29-20(18)22(31)27-14-6-4-13(5-7-14)26-15-8-10-32-11-9-15;;/h1-3,12-15,26H,4-11H2,(H,25,29)(H,27,31)(H,28,30);2*1H. The molecule has 32 heavy (non-hydrogen) atoms. The molecule has 1 aromatic heterocycles. The van der Waals surface area contributed by atoms with Crippen LogP contribution < -0.4 is 16.0 Å². The minimum atomic E-state index is -0.990. The van der Waals surface area contributed by atoms with E-state index in [0.29, 0.717) is 12.1 Å². The molecule has 176 valence electrons. The SMILES string of the molecule is O=C(NC1CCC(NC2CCOCC2)CC1)c1[nH]ncc1NC(=O)c1c(F)cccc1F.[HH].[HH]. The minimum absolute atomic E-state index is 0.